The minimum absolute atomic E-state index is 0.193. The third kappa shape index (κ3) is 5.54. The van der Waals surface area contributed by atoms with E-state index in [1.165, 1.54) is 4.90 Å². The number of ketones is 1. The van der Waals surface area contributed by atoms with E-state index in [4.69, 9.17) is 21.8 Å². The van der Waals surface area contributed by atoms with Gasteiger partial charge in [-0.2, -0.15) is 0 Å². The number of nitrogens with zero attached hydrogens (tertiary/aromatic N) is 4. The fourth-order valence-electron chi connectivity index (χ4n) is 4.37. The Morgan fingerprint density at radius 1 is 1.02 bits per heavy atom. The van der Waals surface area contributed by atoms with E-state index in [1.807, 2.05) is 48.5 Å². The molecule has 1 aliphatic heterocycles. The van der Waals surface area contributed by atoms with Gasteiger partial charge in [0.15, 0.2) is 6.17 Å². The Morgan fingerprint density at radius 3 is 2.38 bits per heavy atom. The first-order valence-corrected chi connectivity index (χ1v) is 13.0. The minimum atomic E-state index is -1.26. The number of Topliss-reactive ketones (excluding diaryl/α,β-unsaturated/α-hetero) is 1. The molecule has 0 aliphatic carbocycles. The van der Waals surface area contributed by atoms with Crippen LogP contribution in [0.15, 0.2) is 88.3 Å². The molecule has 202 valence electrons. The number of aromatic nitrogens is 2. The van der Waals surface area contributed by atoms with E-state index in [-0.39, 0.29) is 18.2 Å². The third-order valence-electron chi connectivity index (χ3n) is 6.36. The summed E-state index contributed by atoms with van der Waals surface area (Å²) in [5.74, 6) is -1.72. The molecule has 0 bridgehead atoms. The van der Waals surface area contributed by atoms with Gasteiger partial charge in [-0.3, -0.25) is 24.3 Å². The Balaban J connectivity index is 1.37. The van der Waals surface area contributed by atoms with E-state index in [0.717, 1.165) is 5.56 Å². The van der Waals surface area contributed by atoms with Crippen molar-refractivity contribution in [2.24, 2.45) is 10.7 Å². The maximum Gasteiger partial charge on any atom is 0.286 e. The zero-order valence-corrected chi connectivity index (χ0v) is 22.2. The van der Waals surface area contributed by atoms with E-state index in [9.17, 15) is 14.4 Å². The molecule has 10 nitrogen and oxygen atoms in total. The molecular weight excluding hydrogens is 532 g/mol. The highest BCUT2D eigenvalue weighted by Crippen LogP contribution is 2.30. The van der Waals surface area contributed by atoms with Crippen molar-refractivity contribution in [1.82, 2.24) is 15.5 Å². The van der Waals surface area contributed by atoms with Crippen LogP contribution >= 0.6 is 11.6 Å². The van der Waals surface area contributed by atoms with E-state index < -0.39 is 36.3 Å². The van der Waals surface area contributed by atoms with Crippen LogP contribution in [-0.4, -0.2) is 52.3 Å². The molecule has 40 heavy (non-hydrogen) atoms. The summed E-state index contributed by atoms with van der Waals surface area (Å²) in [5, 5.41) is 10.9. The van der Waals surface area contributed by atoms with Gasteiger partial charge in [0.2, 0.25) is 17.6 Å². The summed E-state index contributed by atoms with van der Waals surface area (Å²) in [4.78, 5) is 45.4. The second kappa shape index (κ2) is 11.6. The highest BCUT2D eigenvalue weighted by molar-refractivity contribution is 6.32. The Bertz CT molecular complexity index is 1590. The van der Waals surface area contributed by atoms with Crippen molar-refractivity contribution < 1.29 is 18.8 Å². The summed E-state index contributed by atoms with van der Waals surface area (Å²) in [6.07, 6.45) is -0.998. The van der Waals surface area contributed by atoms with Crippen molar-refractivity contribution in [3.05, 3.63) is 101 Å². The largest absolute Gasteiger partial charge is 0.414 e. The SMILES string of the molecule is CC[C@@H](NC(=O)CN1C(=O)[C@H](N)N=C(c2ccccc2)c2cc(Cl)ccc21)C(=O)c1nnc(-c2ccccc2)o1. The van der Waals surface area contributed by atoms with Gasteiger partial charge < -0.3 is 15.5 Å². The monoisotopic (exact) mass is 556 g/mol. The number of carbonyl (C=O) groups is 3. The molecule has 0 unspecified atom stereocenters. The number of rotatable bonds is 8. The van der Waals surface area contributed by atoms with Crippen molar-refractivity contribution >= 4 is 40.6 Å². The number of anilines is 1. The number of benzodiazepines with no additional fused rings is 1. The number of hydrogen-bond donors (Lipinski definition) is 2. The highest BCUT2D eigenvalue weighted by atomic mass is 35.5. The molecule has 0 spiro atoms. The molecule has 3 aromatic carbocycles. The van der Waals surface area contributed by atoms with Crippen LogP contribution in [0.5, 0.6) is 0 Å². The van der Waals surface area contributed by atoms with Crippen LogP contribution < -0.4 is 16.0 Å². The number of benzene rings is 3. The average Bonchev–Trinajstić information content (AvgIpc) is 3.45. The Morgan fingerprint density at radius 2 is 1.70 bits per heavy atom. The summed E-state index contributed by atoms with van der Waals surface area (Å²) in [6, 6.07) is 22.3. The Labute approximate surface area is 234 Å². The molecular formula is C29H25ClN6O4. The smallest absolute Gasteiger partial charge is 0.286 e. The third-order valence-corrected chi connectivity index (χ3v) is 6.59. The summed E-state index contributed by atoms with van der Waals surface area (Å²) in [5.41, 5.74) is 9.03. The summed E-state index contributed by atoms with van der Waals surface area (Å²) in [6.45, 7) is 1.34. The molecule has 2 amide bonds. The van der Waals surface area contributed by atoms with E-state index in [1.54, 1.807) is 37.3 Å². The maximum absolute atomic E-state index is 13.3. The lowest BCUT2D eigenvalue weighted by atomic mass is 10.00. The van der Waals surface area contributed by atoms with E-state index in [2.05, 4.69) is 20.5 Å². The lowest BCUT2D eigenvalue weighted by Crippen LogP contribution is -2.50. The fraction of sp³-hybridized carbons (Fsp3) is 0.172. The summed E-state index contributed by atoms with van der Waals surface area (Å²) in [7, 11) is 0. The fourth-order valence-corrected chi connectivity index (χ4v) is 4.54. The lowest BCUT2D eigenvalue weighted by Gasteiger charge is -2.25. The molecule has 0 fully saturated rings. The highest BCUT2D eigenvalue weighted by Gasteiger charge is 2.33. The molecule has 5 rings (SSSR count). The first-order chi connectivity index (χ1) is 19.4. The van der Waals surface area contributed by atoms with Crippen molar-refractivity contribution in [2.75, 3.05) is 11.4 Å². The number of amides is 2. The molecule has 3 N–H and O–H groups in total. The molecule has 0 radical (unpaired) electrons. The zero-order valence-electron chi connectivity index (χ0n) is 21.5. The van der Waals surface area contributed by atoms with E-state index in [0.29, 0.717) is 27.5 Å². The Hall–Kier alpha value is -4.67. The van der Waals surface area contributed by atoms with Crippen LogP contribution in [0.3, 0.4) is 0 Å². The van der Waals surface area contributed by atoms with Gasteiger partial charge >= 0.3 is 0 Å². The van der Waals surface area contributed by atoms with Crippen LogP contribution in [-0.2, 0) is 9.59 Å². The molecule has 2 heterocycles. The normalized spacial score (nSPS) is 15.6. The van der Waals surface area contributed by atoms with Crippen LogP contribution in [0.1, 0.15) is 35.2 Å². The molecule has 2 atom stereocenters. The second-order valence-corrected chi connectivity index (χ2v) is 9.48. The van der Waals surface area contributed by atoms with Gasteiger partial charge in [0.1, 0.15) is 6.54 Å². The van der Waals surface area contributed by atoms with Gasteiger partial charge in [-0.15, -0.1) is 10.2 Å². The summed E-state index contributed by atoms with van der Waals surface area (Å²) >= 11 is 6.30. The molecule has 11 heteroatoms. The number of hydrogen-bond acceptors (Lipinski definition) is 8. The zero-order chi connectivity index (χ0) is 28.2. The van der Waals surface area contributed by atoms with Crippen molar-refractivity contribution in [3.8, 4) is 11.5 Å². The number of halogens is 1. The quantitative estimate of drug-likeness (QED) is 0.315. The lowest BCUT2D eigenvalue weighted by molar-refractivity contribution is -0.124. The first kappa shape index (κ1) is 26.9. The van der Waals surface area contributed by atoms with Crippen LogP contribution in [0.2, 0.25) is 5.02 Å². The van der Waals surface area contributed by atoms with Crippen LogP contribution in [0, 0.1) is 0 Å². The standard InChI is InChI=1S/C29H25ClN6O4/c1-2-21(25(38)28-35-34-27(40-28)18-11-7-4-8-12-18)32-23(37)16-36-22-14-13-19(30)15-20(22)24(33-26(31)29(36)39)17-9-5-3-6-10-17/h3-15,21,26H,2,16,31H2,1H3,(H,32,37)/t21-,26-/m1/s1. The molecule has 0 saturated heterocycles. The van der Waals surface area contributed by atoms with Crippen LogP contribution in [0.4, 0.5) is 5.69 Å². The maximum atomic E-state index is 13.3. The molecule has 0 saturated carbocycles. The molecule has 4 aromatic rings. The van der Waals surface area contributed by atoms with Crippen molar-refractivity contribution in [3.63, 3.8) is 0 Å². The minimum Gasteiger partial charge on any atom is -0.414 e. The molecule has 1 aromatic heterocycles. The number of carbonyl (C=O) groups excluding carboxylic acids is 3. The van der Waals surface area contributed by atoms with Gasteiger partial charge in [0, 0.05) is 21.7 Å². The van der Waals surface area contributed by atoms with Gasteiger partial charge in [0.05, 0.1) is 17.4 Å². The number of aliphatic imine (C=N–C) groups is 1. The van der Waals surface area contributed by atoms with Gasteiger partial charge in [-0.1, -0.05) is 67.1 Å². The number of nitrogens with two attached hydrogens (primary N) is 1. The molecule has 1 aliphatic rings. The van der Waals surface area contributed by atoms with Crippen molar-refractivity contribution in [1.29, 1.82) is 0 Å². The topological polar surface area (TPSA) is 144 Å². The predicted octanol–water partition coefficient (Wildman–Crippen LogP) is 3.64. The van der Waals surface area contributed by atoms with Crippen molar-refractivity contribution in [2.45, 2.75) is 25.6 Å². The second-order valence-electron chi connectivity index (χ2n) is 9.05. The average molecular weight is 557 g/mol. The summed E-state index contributed by atoms with van der Waals surface area (Å²) < 4.78 is 5.57. The van der Waals surface area contributed by atoms with E-state index >= 15 is 0 Å². The number of nitrogens with one attached hydrogen (secondary N) is 1. The van der Waals surface area contributed by atoms with Gasteiger partial charge in [-0.25, -0.2) is 0 Å². The first-order valence-electron chi connectivity index (χ1n) is 12.6. The Kier molecular flexibility index (Phi) is 7.81. The number of fused-ring (bicyclic) bond motifs is 1. The van der Waals surface area contributed by atoms with Gasteiger partial charge in [0.25, 0.3) is 11.8 Å². The van der Waals surface area contributed by atoms with Crippen LogP contribution in [0.25, 0.3) is 11.5 Å². The van der Waals surface area contributed by atoms with Gasteiger partial charge in [-0.05, 0) is 36.8 Å². The predicted molar refractivity (Wildman–Crippen MR) is 150 cm³/mol.